The molecule has 3 heteroatoms. The number of hydrogen-bond donors (Lipinski definition) is 1. The van der Waals surface area contributed by atoms with Crippen LogP contribution in [0.4, 0.5) is 0 Å². The van der Waals surface area contributed by atoms with Crippen molar-refractivity contribution in [1.82, 2.24) is 4.90 Å². The number of carboxylic acids is 1. The molecule has 1 aliphatic heterocycles. The molecule has 0 aromatic carbocycles. The lowest BCUT2D eigenvalue weighted by Crippen LogP contribution is -2.36. The summed E-state index contributed by atoms with van der Waals surface area (Å²) in [5.74, 6) is -0.0141. The Bertz CT molecular complexity index is 225. The van der Waals surface area contributed by atoms with E-state index in [1.807, 2.05) is 0 Å². The average molecular weight is 181 g/mol. The van der Waals surface area contributed by atoms with Gasteiger partial charge in [0.1, 0.15) is 0 Å². The maximum Gasteiger partial charge on any atom is 0.304 e. The number of nitrogens with zero attached hydrogens (tertiary/aromatic N) is 1. The molecule has 0 amide bonds. The number of rotatable bonds is 4. The Morgan fingerprint density at radius 1 is 1.46 bits per heavy atom. The van der Waals surface area contributed by atoms with E-state index in [1.54, 1.807) is 0 Å². The molecule has 0 saturated heterocycles. The lowest BCUT2D eigenvalue weighted by molar-refractivity contribution is -0.138. The Morgan fingerprint density at radius 3 is 2.54 bits per heavy atom. The summed E-state index contributed by atoms with van der Waals surface area (Å²) < 4.78 is 0. The van der Waals surface area contributed by atoms with Crippen LogP contribution in [0.5, 0.6) is 0 Å². The zero-order chi connectivity index (χ0) is 9.26. The standard InChI is InChI=1S/C10H15NO2/c12-10(13)7-9(8-3-4-8)11-5-1-2-6-11/h1-2,8-9H,3-7H2,(H,12,13). The maximum absolute atomic E-state index is 10.7. The average Bonchev–Trinajstić information content (AvgIpc) is 2.77. The molecule has 0 aromatic rings. The second-order valence-electron chi connectivity index (χ2n) is 3.93. The molecule has 0 bridgehead atoms. The smallest absolute Gasteiger partial charge is 0.304 e. The molecular formula is C10H15NO2. The van der Waals surface area contributed by atoms with Gasteiger partial charge in [-0.2, -0.15) is 0 Å². The summed E-state index contributed by atoms with van der Waals surface area (Å²) in [5.41, 5.74) is 0. The Kier molecular flexibility index (Phi) is 2.36. The van der Waals surface area contributed by atoms with Gasteiger partial charge in [-0.25, -0.2) is 0 Å². The van der Waals surface area contributed by atoms with Crippen molar-refractivity contribution < 1.29 is 9.90 Å². The molecule has 2 aliphatic rings. The van der Waals surface area contributed by atoms with E-state index in [-0.39, 0.29) is 6.04 Å². The Morgan fingerprint density at radius 2 is 2.08 bits per heavy atom. The molecule has 0 radical (unpaired) electrons. The first-order chi connectivity index (χ1) is 6.27. The predicted molar refractivity (Wildman–Crippen MR) is 49.5 cm³/mol. The van der Waals surface area contributed by atoms with Gasteiger partial charge in [0.05, 0.1) is 6.42 Å². The van der Waals surface area contributed by atoms with E-state index in [9.17, 15) is 4.79 Å². The Balaban J connectivity index is 1.92. The number of aliphatic carboxylic acids is 1. The summed E-state index contributed by atoms with van der Waals surface area (Å²) in [6.07, 6.45) is 6.99. The van der Waals surface area contributed by atoms with E-state index >= 15 is 0 Å². The van der Waals surface area contributed by atoms with Crippen LogP contribution in [-0.4, -0.2) is 35.1 Å². The summed E-state index contributed by atoms with van der Waals surface area (Å²) >= 11 is 0. The molecule has 2 rings (SSSR count). The Hall–Kier alpha value is -0.830. The van der Waals surface area contributed by atoms with E-state index in [1.165, 1.54) is 12.8 Å². The van der Waals surface area contributed by atoms with Crippen LogP contribution in [0.2, 0.25) is 0 Å². The second-order valence-corrected chi connectivity index (χ2v) is 3.93. The molecule has 0 aromatic heterocycles. The van der Waals surface area contributed by atoms with Gasteiger partial charge in [0, 0.05) is 19.1 Å². The molecule has 1 unspecified atom stereocenters. The third-order valence-corrected chi connectivity index (χ3v) is 2.87. The van der Waals surface area contributed by atoms with Gasteiger partial charge >= 0.3 is 5.97 Å². The number of carbonyl (C=O) groups is 1. The first-order valence-electron chi connectivity index (χ1n) is 4.88. The highest BCUT2D eigenvalue weighted by atomic mass is 16.4. The molecule has 1 atom stereocenters. The topological polar surface area (TPSA) is 40.5 Å². The van der Waals surface area contributed by atoms with Crippen LogP contribution in [0.3, 0.4) is 0 Å². The van der Waals surface area contributed by atoms with Gasteiger partial charge in [-0.05, 0) is 18.8 Å². The largest absolute Gasteiger partial charge is 0.481 e. The fraction of sp³-hybridized carbons (Fsp3) is 0.700. The van der Waals surface area contributed by atoms with E-state index in [0.717, 1.165) is 13.1 Å². The monoisotopic (exact) mass is 181 g/mol. The van der Waals surface area contributed by atoms with Gasteiger partial charge in [0.2, 0.25) is 0 Å². The van der Waals surface area contributed by atoms with Crippen LogP contribution in [0.25, 0.3) is 0 Å². The fourth-order valence-corrected chi connectivity index (χ4v) is 2.02. The molecule has 3 nitrogen and oxygen atoms in total. The normalized spacial score (nSPS) is 24.9. The Labute approximate surface area is 78.0 Å². The summed E-state index contributed by atoms with van der Waals surface area (Å²) in [6.45, 7) is 1.88. The minimum atomic E-state index is -0.663. The highest BCUT2D eigenvalue weighted by Crippen LogP contribution is 2.37. The molecule has 1 saturated carbocycles. The first kappa shape index (κ1) is 8.75. The molecule has 1 N–H and O–H groups in total. The highest BCUT2D eigenvalue weighted by molar-refractivity contribution is 5.67. The van der Waals surface area contributed by atoms with E-state index in [4.69, 9.17) is 5.11 Å². The summed E-state index contributed by atoms with van der Waals surface area (Å²) in [5, 5.41) is 8.77. The van der Waals surface area contributed by atoms with Crippen molar-refractivity contribution >= 4 is 5.97 Å². The van der Waals surface area contributed by atoms with Crippen molar-refractivity contribution in [1.29, 1.82) is 0 Å². The zero-order valence-electron chi connectivity index (χ0n) is 7.65. The van der Waals surface area contributed by atoms with Gasteiger partial charge in [-0.1, -0.05) is 12.2 Å². The molecule has 1 heterocycles. The lowest BCUT2D eigenvalue weighted by Gasteiger charge is -2.25. The van der Waals surface area contributed by atoms with Gasteiger partial charge < -0.3 is 5.11 Å². The number of carboxylic acid groups (broad SMARTS) is 1. The first-order valence-corrected chi connectivity index (χ1v) is 4.88. The maximum atomic E-state index is 10.7. The molecule has 13 heavy (non-hydrogen) atoms. The van der Waals surface area contributed by atoms with Crippen molar-refractivity contribution in [3.63, 3.8) is 0 Å². The molecule has 72 valence electrons. The summed E-state index contributed by atoms with van der Waals surface area (Å²) in [4.78, 5) is 12.9. The minimum absolute atomic E-state index is 0.285. The summed E-state index contributed by atoms with van der Waals surface area (Å²) in [6, 6.07) is 0.285. The zero-order valence-corrected chi connectivity index (χ0v) is 7.65. The molecule has 1 fully saturated rings. The van der Waals surface area contributed by atoms with Crippen LogP contribution in [0.1, 0.15) is 19.3 Å². The van der Waals surface area contributed by atoms with Crippen LogP contribution >= 0.6 is 0 Å². The van der Waals surface area contributed by atoms with Crippen molar-refractivity contribution in [2.75, 3.05) is 13.1 Å². The van der Waals surface area contributed by atoms with Crippen molar-refractivity contribution in [2.24, 2.45) is 5.92 Å². The van der Waals surface area contributed by atoms with E-state index in [2.05, 4.69) is 17.1 Å². The third-order valence-electron chi connectivity index (χ3n) is 2.87. The lowest BCUT2D eigenvalue weighted by atomic mass is 10.1. The van der Waals surface area contributed by atoms with Crippen LogP contribution < -0.4 is 0 Å². The van der Waals surface area contributed by atoms with Crippen molar-refractivity contribution in [2.45, 2.75) is 25.3 Å². The SMILES string of the molecule is O=C(O)CC(C1CC1)N1CC=CC1. The number of hydrogen-bond acceptors (Lipinski definition) is 2. The van der Waals surface area contributed by atoms with Crippen LogP contribution in [-0.2, 0) is 4.79 Å². The van der Waals surface area contributed by atoms with Crippen molar-refractivity contribution in [3.8, 4) is 0 Å². The van der Waals surface area contributed by atoms with E-state index in [0.29, 0.717) is 12.3 Å². The van der Waals surface area contributed by atoms with Crippen molar-refractivity contribution in [3.05, 3.63) is 12.2 Å². The van der Waals surface area contributed by atoms with E-state index < -0.39 is 5.97 Å². The summed E-state index contributed by atoms with van der Waals surface area (Å²) in [7, 11) is 0. The minimum Gasteiger partial charge on any atom is -0.481 e. The molecular weight excluding hydrogens is 166 g/mol. The predicted octanol–water partition coefficient (Wildman–Crippen LogP) is 1.11. The second kappa shape index (κ2) is 3.50. The van der Waals surface area contributed by atoms with Gasteiger partial charge in [-0.3, -0.25) is 9.69 Å². The van der Waals surface area contributed by atoms with Gasteiger partial charge in [-0.15, -0.1) is 0 Å². The molecule has 0 spiro atoms. The molecule has 1 aliphatic carbocycles. The third kappa shape index (κ3) is 2.10. The highest BCUT2D eigenvalue weighted by Gasteiger charge is 2.36. The van der Waals surface area contributed by atoms with Gasteiger partial charge in [0.25, 0.3) is 0 Å². The quantitative estimate of drug-likeness (QED) is 0.660. The van der Waals surface area contributed by atoms with Crippen LogP contribution in [0, 0.1) is 5.92 Å². The van der Waals surface area contributed by atoms with Crippen LogP contribution in [0.15, 0.2) is 12.2 Å². The fourth-order valence-electron chi connectivity index (χ4n) is 2.02. The van der Waals surface area contributed by atoms with Gasteiger partial charge in [0.15, 0.2) is 0 Å².